The monoisotopic (exact) mass is 446 g/mol. The van der Waals surface area contributed by atoms with E-state index in [2.05, 4.69) is 26.6 Å². The number of fused-ring (bicyclic) bond motifs is 1. The van der Waals surface area contributed by atoms with Crippen LogP contribution in [0.2, 0.25) is 0 Å². The summed E-state index contributed by atoms with van der Waals surface area (Å²) in [4.78, 5) is 24.2. The predicted octanol–water partition coefficient (Wildman–Crippen LogP) is 4.39. The summed E-state index contributed by atoms with van der Waals surface area (Å²) >= 11 is 3.48. The quantitative estimate of drug-likeness (QED) is 0.689. The maximum Gasteiger partial charge on any atom is 0.228 e. The Bertz CT molecular complexity index is 865. The highest BCUT2D eigenvalue weighted by molar-refractivity contribution is 9.10. The minimum absolute atomic E-state index is 0.0183. The van der Waals surface area contributed by atoms with E-state index in [0.717, 1.165) is 10.0 Å². The number of hydrogen-bond donors (Lipinski definition) is 2. The number of benzene rings is 2. The van der Waals surface area contributed by atoms with Crippen molar-refractivity contribution in [2.75, 3.05) is 23.8 Å². The Kier molecular flexibility index (Phi) is 6.57. The minimum atomic E-state index is -0.144. The number of halogens is 1. The maximum absolute atomic E-state index is 12.4. The summed E-state index contributed by atoms with van der Waals surface area (Å²) in [6, 6.07) is 10.7. The Morgan fingerprint density at radius 3 is 2.07 bits per heavy atom. The Morgan fingerprint density at radius 1 is 0.964 bits per heavy atom. The molecule has 1 aliphatic heterocycles. The molecule has 28 heavy (non-hydrogen) atoms. The molecule has 2 N–H and O–H groups in total. The van der Waals surface area contributed by atoms with E-state index < -0.39 is 0 Å². The third kappa shape index (κ3) is 5.48. The van der Waals surface area contributed by atoms with Crippen molar-refractivity contribution < 1.29 is 19.1 Å². The molecule has 0 bridgehead atoms. The number of nitrogens with one attached hydrogen (secondary N) is 2. The summed E-state index contributed by atoms with van der Waals surface area (Å²) in [6.45, 7) is 5.02. The van der Waals surface area contributed by atoms with Crippen molar-refractivity contribution in [1.82, 2.24) is 0 Å². The average Bonchev–Trinajstić information content (AvgIpc) is 2.63. The Labute approximate surface area is 172 Å². The van der Waals surface area contributed by atoms with Gasteiger partial charge in [-0.3, -0.25) is 9.59 Å². The zero-order valence-electron chi connectivity index (χ0n) is 15.9. The second-order valence-electron chi connectivity index (χ2n) is 7.04. The molecule has 0 spiro atoms. The molecular weight excluding hydrogens is 424 g/mol. The first kappa shape index (κ1) is 20.2. The van der Waals surface area contributed by atoms with Crippen molar-refractivity contribution in [2.24, 2.45) is 5.92 Å². The molecule has 3 rings (SSSR count). The van der Waals surface area contributed by atoms with Crippen LogP contribution in [-0.4, -0.2) is 25.0 Å². The third-order valence-electron chi connectivity index (χ3n) is 4.11. The van der Waals surface area contributed by atoms with E-state index in [1.165, 1.54) is 0 Å². The van der Waals surface area contributed by atoms with Crippen LogP contribution in [0.4, 0.5) is 11.4 Å². The van der Waals surface area contributed by atoms with Gasteiger partial charge in [-0.2, -0.15) is 0 Å². The molecule has 0 unspecified atom stereocenters. The highest BCUT2D eigenvalue weighted by Gasteiger charge is 2.16. The molecular formula is C21H23BrN2O4. The molecule has 0 saturated heterocycles. The number of carbonyl (C=O) groups is 2. The molecule has 148 valence electrons. The average molecular weight is 447 g/mol. The SMILES string of the molecule is CC(C)CC(=O)Nc1ccc(NC(=O)Cc2cc3c(cc2Br)OCCO3)cc1. The van der Waals surface area contributed by atoms with Gasteiger partial charge in [0.1, 0.15) is 13.2 Å². The van der Waals surface area contributed by atoms with Gasteiger partial charge in [0.25, 0.3) is 0 Å². The standard InChI is InChI=1S/C21H23BrN2O4/c1-13(2)9-20(25)23-15-3-5-16(6-4-15)24-21(26)11-14-10-18-19(12-17(14)22)28-8-7-27-18/h3-6,10,12-13H,7-9,11H2,1-2H3,(H,23,25)(H,24,26). The van der Waals surface area contributed by atoms with Crippen LogP contribution in [0, 0.1) is 5.92 Å². The number of rotatable bonds is 6. The van der Waals surface area contributed by atoms with E-state index in [9.17, 15) is 9.59 Å². The van der Waals surface area contributed by atoms with Crippen molar-refractivity contribution in [3.05, 3.63) is 46.4 Å². The highest BCUT2D eigenvalue weighted by Crippen LogP contribution is 2.35. The van der Waals surface area contributed by atoms with Gasteiger partial charge in [0.2, 0.25) is 11.8 Å². The Morgan fingerprint density at radius 2 is 1.50 bits per heavy atom. The van der Waals surface area contributed by atoms with Crippen molar-refractivity contribution in [2.45, 2.75) is 26.7 Å². The molecule has 1 heterocycles. The van der Waals surface area contributed by atoms with Crippen LogP contribution in [0.25, 0.3) is 0 Å². The molecule has 1 aliphatic rings. The largest absolute Gasteiger partial charge is 0.486 e. The molecule has 2 aromatic carbocycles. The molecule has 2 amide bonds. The van der Waals surface area contributed by atoms with E-state index in [0.29, 0.717) is 48.4 Å². The lowest BCUT2D eigenvalue weighted by molar-refractivity contribution is -0.117. The number of amides is 2. The van der Waals surface area contributed by atoms with Gasteiger partial charge in [-0.05, 0) is 47.9 Å². The Balaban J connectivity index is 1.58. The van der Waals surface area contributed by atoms with Crippen molar-refractivity contribution in [3.63, 3.8) is 0 Å². The van der Waals surface area contributed by atoms with Crippen LogP contribution >= 0.6 is 15.9 Å². The minimum Gasteiger partial charge on any atom is -0.486 e. The van der Waals surface area contributed by atoms with Gasteiger partial charge in [-0.15, -0.1) is 0 Å². The first-order chi connectivity index (χ1) is 13.4. The molecule has 2 aromatic rings. The van der Waals surface area contributed by atoms with E-state index in [1.807, 2.05) is 26.0 Å². The fraction of sp³-hybridized carbons (Fsp3) is 0.333. The zero-order chi connectivity index (χ0) is 20.1. The molecule has 0 radical (unpaired) electrons. The van der Waals surface area contributed by atoms with Crippen molar-refractivity contribution in [3.8, 4) is 11.5 Å². The lowest BCUT2D eigenvalue weighted by Crippen LogP contribution is -2.17. The molecule has 7 heteroatoms. The molecule has 0 aromatic heterocycles. The number of carbonyl (C=O) groups excluding carboxylic acids is 2. The summed E-state index contributed by atoms with van der Waals surface area (Å²) in [5, 5.41) is 5.71. The van der Waals surface area contributed by atoms with Crippen LogP contribution < -0.4 is 20.1 Å². The van der Waals surface area contributed by atoms with Crippen molar-refractivity contribution in [1.29, 1.82) is 0 Å². The third-order valence-corrected chi connectivity index (χ3v) is 4.85. The van der Waals surface area contributed by atoms with Gasteiger partial charge in [0.15, 0.2) is 11.5 Å². The molecule has 0 fully saturated rings. The number of anilines is 2. The maximum atomic E-state index is 12.4. The predicted molar refractivity (Wildman–Crippen MR) is 112 cm³/mol. The summed E-state index contributed by atoms with van der Waals surface area (Å²) < 4.78 is 11.9. The van der Waals surface area contributed by atoms with Gasteiger partial charge in [0, 0.05) is 22.3 Å². The van der Waals surface area contributed by atoms with E-state index in [1.54, 1.807) is 24.3 Å². The molecule has 0 saturated carbocycles. The summed E-state index contributed by atoms with van der Waals surface area (Å²) in [7, 11) is 0. The van der Waals surface area contributed by atoms with Gasteiger partial charge in [-0.25, -0.2) is 0 Å². The van der Waals surface area contributed by atoms with Gasteiger partial charge in [0.05, 0.1) is 6.42 Å². The van der Waals surface area contributed by atoms with Gasteiger partial charge in [-0.1, -0.05) is 29.8 Å². The topological polar surface area (TPSA) is 76.7 Å². The lowest BCUT2D eigenvalue weighted by atomic mass is 10.1. The van der Waals surface area contributed by atoms with Crippen LogP contribution in [-0.2, 0) is 16.0 Å². The lowest BCUT2D eigenvalue weighted by Gasteiger charge is -2.19. The fourth-order valence-corrected chi connectivity index (χ4v) is 3.30. The van der Waals surface area contributed by atoms with Gasteiger partial charge >= 0.3 is 0 Å². The fourth-order valence-electron chi connectivity index (χ4n) is 2.84. The molecule has 0 atom stereocenters. The van der Waals surface area contributed by atoms with Crippen LogP contribution in [0.5, 0.6) is 11.5 Å². The molecule has 6 nitrogen and oxygen atoms in total. The normalized spacial score (nSPS) is 12.6. The van der Waals surface area contributed by atoms with Gasteiger partial charge < -0.3 is 20.1 Å². The van der Waals surface area contributed by atoms with Crippen LogP contribution in [0.1, 0.15) is 25.8 Å². The first-order valence-corrected chi connectivity index (χ1v) is 9.98. The van der Waals surface area contributed by atoms with E-state index in [-0.39, 0.29) is 18.2 Å². The van der Waals surface area contributed by atoms with E-state index >= 15 is 0 Å². The van der Waals surface area contributed by atoms with E-state index in [4.69, 9.17) is 9.47 Å². The van der Waals surface area contributed by atoms with Crippen LogP contribution in [0.15, 0.2) is 40.9 Å². The first-order valence-electron chi connectivity index (χ1n) is 9.18. The smallest absolute Gasteiger partial charge is 0.228 e. The number of hydrogen-bond acceptors (Lipinski definition) is 4. The molecule has 0 aliphatic carbocycles. The van der Waals surface area contributed by atoms with Crippen molar-refractivity contribution >= 4 is 39.1 Å². The summed E-state index contributed by atoms with van der Waals surface area (Å²) in [5.41, 5.74) is 2.19. The summed E-state index contributed by atoms with van der Waals surface area (Å²) in [5.74, 6) is 1.47. The highest BCUT2D eigenvalue weighted by atomic mass is 79.9. The zero-order valence-corrected chi connectivity index (χ0v) is 17.5. The Hall–Kier alpha value is -2.54. The second kappa shape index (κ2) is 9.10. The number of ether oxygens (including phenoxy) is 2. The second-order valence-corrected chi connectivity index (χ2v) is 7.89. The summed E-state index contributed by atoms with van der Waals surface area (Å²) in [6.07, 6.45) is 0.674. The van der Waals surface area contributed by atoms with Crippen LogP contribution in [0.3, 0.4) is 0 Å².